The van der Waals surface area contributed by atoms with Crippen molar-refractivity contribution in [3.05, 3.63) is 46.7 Å². The quantitative estimate of drug-likeness (QED) is 0.735. The lowest BCUT2D eigenvalue weighted by Crippen LogP contribution is -2.04. The van der Waals surface area contributed by atoms with Gasteiger partial charge >= 0.3 is 0 Å². The van der Waals surface area contributed by atoms with Gasteiger partial charge < -0.3 is 11.5 Å². The Bertz CT molecular complexity index is 956. The molecule has 0 aliphatic rings. The van der Waals surface area contributed by atoms with E-state index in [2.05, 4.69) is 9.97 Å². The highest BCUT2D eigenvalue weighted by Crippen LogP contribution is 2.42. The first-order valence-corrected chi connectivity index (χ1v) is 7.59. The molecular formula is C15H9ClFN5S. The van der Waals surface area contributed by atoms with Gasteiger partial charge in [0.25, 0.3) is 0 Å². The minimum Gasteiger partial charge on any atom is -0.383 e. The summed E-state index contributed by atoms with van der Waals surface area (Å²) in [5.74, 6) is -1.07. The van der Waals surface area contributed by atoms with Crippen LogP contribution in [0.25, 0.3) is 10.9 Å². The number of hydrogen-bond acceptors (Lipinski definition) is 6. The number of fused-ring (bicyclic) bond motifs is 1. The van der Waals surface area contributed by atoms with E-state index >= 15 is 0 Å². The average Bonchev–Trinajstić information content (AvgIpc) is 2.53. The predicted octanol–water partition coefficient (Wildman–Crippen LogP) is 3.61. The minimum atomic E-state index is -0.803. The molecule has 0 fully saturated rings. The third-order valence-corrected chi connectivity index (χ3v) is 4.70. The van der Waals surface area contributed by atoms with Crippen LogP contribution in [0.5, 0.6) is 0 Å². The number of hydrogen-bond donors (Lipinski definition) is 2. The minimum absolute atomic E-state index is 0.0894. The fraction of sp³-hybridized carbons (Fsp3) is 0. The Morgan fingerprint density at radius 1 is 1.17 bits per heavy atom. The van der Waals surface area contributed by atoms with Crippen LogP contribution in [-0.4, -0.2) is 9.97 Å². The number of nitrogens with zero attached hydrogens (tertiary/aromatic N) is 3. The van der Waals surface area contributed by atoms with Gasteiger partial charge in [0.15, 0.2) is 5.82 Å². The van der Waals surface area contributed by atoms with E-state index in [0.29, 0.717) is 0 Å². The van der Waals surface area contributed by atoms with Crippen LogP contribution in [0.4, 0.5) is 16.2 Å². The third kappa shape index (κ3) is 2.63. The van der Waals surface area contributed by atoms with Gasteiger partial charge in [-0.3, -0.25) is 0 Å². The largest absolute Gasteiger partial charge is 0.383 e. The van der Waals surface area contributed by atoms with Crippen LogP contribution in [0, 0.1) is 17.1 Å². The second-order valence-electron chi connectivity index (χ2n) is 4.55. The van der Waals surface area contributed by atoms with Crippen molar-refractivity contribution >= 4 is 46.0 Å². The molecule has 0 atom stereocenters. The van der Waals surface area contributed by atoms with E-state index in [9.17, 15) is 9.65 Å². The Labute approximate surface area is 140 Å². The number of aromatic nitrogens is 2. The topological polar surface area (TPSA) is 102 Å². The van der Waals surface area contributed by atoms with Crippen molar-refractivity contribution in [2.75, 3.05) is 11.5 Å². The van der Waals surface area contributed by atoms with Crippen LogP contribution in [0.1, 0.15) is 5.56 Å². The number of benzene rings is 2. The smallest absolute Gasteiger partial charge is 0.222 e. The molecule has 0 radical (unpaired) electrons. The number of halogens is 2. The Kier molecular flexibility index (Phi) is 3.94. The fourth-order valence-corrected chi connectivity index (χ4v) is 3.41. The maximum absolute atomic E-state index is 14.7. The summed E-state index contributed by atoms with van der Waals surface area (Å²) in [6.45, 7) is 0. The molecule has 3 aromatic rings. The van der Waals surface area contributed by atoms with Gasteiger partial charge in [-0.2, -0.15) is 10.2 Å². The molecule has 1 aromatic heterocycles. The van der Waals surface area contributed by atoms with Gasteiger partial charge in [0.1, 0.15) is 23.0 Å². The van der Waals surface area contributed by atoms with Crippen LogP contribution >= 0.6 is 23.4 Å². The number of anilines is 2. The summed E-state index contributed by atoms with van der Waals surface area (Å²) in [4.78, 5) is 8.76. The van der Waals surface area contributed by atoms with Gasteiger partial charge in [0, 0.05) is 4.90 Å². The van der Waals surface area contributed by atoms with E-state index in [-0.39, 0.29) is 38.2 Å². The normalized spacial score (nSPS) is 10.7. The lowest BCUT2D eigenvalue weighted by molar-refractivity contribution is 0.632. The Balaban J connectivity index is 2.34. The van der Waals surface area contributed by atoms with Gasteiger partial charge in [-0.25, -0.2) is 9.37 Å². The molecule has 23 heavy (non-hydrogen) atoms. The van der Waals surface area contributed by atoms with E-state index < -0.39 is 5.82 Å². The van der Waals surface area contributed by atoms with Crippen LogP contribution < -0.4 is 11.5 Å². The SMILES string of the molecule is N#Cc1c(Sc2ccccc2)c(Cl)c2nc(N)nc(N)c2c1F. The Morgan fingerprint density at radius 2 is 1.87 bits per heavy atom. The van der Waals surface area contributed by atoms with E-state index in [1.54, 1.807) is 0 Å². The second-order valence-corrected chi connectivity index (χ2v) is 6.01. The Morgan fingerprint density at radius 3 is 2.52 bits per heavy atom. The summed E-state index contributed by atoms with van der Waals surface area (Å²) < 4.78 is 14.7. The maximum Gasteiger partial charge on any atom is 0.222 e. The summed E-state index contributed by atoms with van der Waals surface area (Å²) >= 11 is 7.52. The molecule has 8 heteroatoms. The van der Waals surface area contributed by atoms with Crippen molar-refractivity contribution in [2.24, 2.45) is 0 Å². The molecule has 0 saturated heterocycles. The number of nitriles is 1. The molecule has 5 nitrogen and oxygen atoms in total. The summed E-state index contributed by atoms with van der Waals surface area (Å²) in [6, 6.07) is 11.0. The zero-order valence-electron chi connectivity index (χ0n) is 11.5. The molecule has 0 amide bonds. The number of nitrogen functional groups attached to an aromatic ring is 2. The first-order valence-electron chi connectivity index (χ1n) is 6.39. The molecule has 0 aliphatic carbocycles. The summed E-state index contributed by atoms with van der Waals surface area (Å²) in [5.41, 5.74) is 11.2. The highest BCUT2D eigenvalue weighted by atomic mass is 35.5. The van der Waals surface area contributed by atoms with Gasteiger partial charge in [0.2, 0.25) is 5.95 Å². The lowest BCUT2D eigenvalue weighted by Gasteiger charge is -2.12. The van der Waals surface area contributed by atoms with Crippen LogP contribution in [0.3, 0.4) is 0 Å². The summed E-state index contributed by atoms with van der Waals surface area (Å²) in [7, 11) is 0. The standard InChI is InChI=1S/C15H9ClFN5S/c16-10-12-9(14(19)22-15(20)21-12)11(17)8(6-18)13(10)23-7-4-2-1-3-5-7/h1-5H,(H4,19,20,21,22). The Hall–Kier alpha value is -2.56. The zero-order valence-corrected chi connectivity index (χ0v) is 13.1. The molecule has 0 aliphatic heterocycles. The summed E-state index contributed by atoms with van der Waals surface area (Å²) in [6.07, 6.45) is 0. The van der Waals surface area contributed by atoms with Gasteiger partial charge in [0.05, 0.1) is 15.3 Å². The zero-order chi connectivity index (χ0) is 16.6. The average molecular weight is 346 g/mol. The van der Waals surface area contributed by atoms with Crippen molar-refractivity contribution < 1.29 is 4.39 Å². The van der Waals surface area contributed by atoms with Crippen LogP contribution in [0.2, 0.25) is 5.02 Å². The maximum atomic E-state index is 14.7. The first kappa shape index (κ1) is 15.3. The molecule has 3 rings (SSSR count). The molecule has 0 spiro atoms. The van der Waals surface area contributed by atoms with E-state index in [0.717, 1.165) is 4.90 Å². The third-order valence-electron chi connectivity index (χ3n) is 3.10. The van der Waals surface area contributed by atoms with Gasteiger partial charge in [-0.15, -0.1) is 0 Å². The summed E-state index contributed by atoms with van der Waals surface area (Å²) in [5, 5.41) is 9.36. The molecule has 0 unspecified atom stereocenters. The second kappa shape index (κ2) is 5.91. The van der Waals surface area contributed by atoms with E-state index in [4.69, 9.17) is 23.1 Å². The van der Waals surface area contributed by atoms with Crippen molar-refractivity contribution in [3.63, 3.8) is 0 Å². The fourth-order valence-electron chi connectivity index (χ4n) is 2.12. The predicted molar refractivity (Wildman–Crippen MR) is 88.6 cm³/mol. The lowest BCUT2D eigenvalue weighted by atomic mass is 10.1. The molecule has 114 valence electrons. The number of nitrogens with two attached hydrogens (primary N) is 2. The van der Waals surface area contributed by atoms with Gasteiger partial charge in [-0.05, 0) is 12.1 Å². The highest BCUT2D eigenvalue weighted by molar-refractivity contribution is 7.99. The van der Waals surface area contributed by atoms with Crippen LogP contribution in [0.15, 0.2) is 40.1 Å². The van der Waals surface area contributed by atoms with Crippen LogP contribution in [-0.2, 0) is 0 Å². The monoisotopic (exact) mass is 345 g/mol. The number of rotatable bonds is 2. The molecular weight excluding hydrogens is 337 g/mol. The molecule has 0 bridgehead atoms. The van der Waals surface area contributed by atoms with E-state index in [1.807, 2.05) is 36.4 Å². The van der Waals surface area contributed by atoms with Crippen molar-refractivity contribution in [1.82, 2.24) is 9.97 Å². The van der Waals surface area contributed by atoms with Crippen molar-refractivity contribution in [3.8, 4) is 6.07 Å². The van der Waals surface area contributed by atoms with Crippen molar-refractivity contribution in [1.29, 1.82) is 5.26 Å². The molecule has 0 saturated carbocycles. The van der Waals surface area contributed by atoms with E-state index in [1.165, 1.54) is 11.8 Å². The molecule has 4 N–H and O–H groups in total. The van der Waals surface area contributed by atoms with Crippen molar-refractivity contribution in [2.45, 2.75) is 9.79 Å². The molecule has 1 heterocycles. The first-order chi connectivity index (χ1) is 11.0. The molecule has 2 aromatic carbocycles. The highest BCUT2D eigenvalue weighted by Gasteiger charge is 2.23. The van der Waals surface area contributed by atoms with Gasteiger partial charge in [-0.1, -0.05) is 41.6 Å².